The minimum atomic E-state index is 0. The zero-order valence-corrected chi connectivity index (χ0v) is 13.1. The summed E-state index contributed by atoms with van der Waals surface area (Å²) >= 11 is 0. The van der Waals surface area contributed by atoms with Crippen LogP contribution in [0.25, 0.3) is 10.8 Å². The smallest absolute Gasteiger partial charge is 0.119 e. The molecule has 2 nitrogen and oxygen atoms in total. The van der Waals surface area contributed by atoms with E-state index in [1.54, 1.807) is 0 Å². The molecule has 22 heavy (non-hydrogen) atoms. The molecule has 3 aromatic rings. The summed E-state index contributed by atoms with van der Waals surface area (Å²) in [6.07, 6.45) is 0.802. The molecule has 1 atom stereocenters. The molecule has 0 saturated heterocycles. The van der Waals surface area contributed by atoms with Gasteiger partial charge in [-0.2, -0.15) is 0 Å². The lowest BCUT2D eigenvalue weighted by Gasteiger charge is -2.13. The van der Waals surface area contributed by atoms with Crippen LogP contribution < -0.4 is 10.5 Å². The van der Waals surface area contributed by atoms with Gasteiger partial charge in [-0.05, 0) is 28.5 Å². The lowest BCUT2D eigenvalue weighted by atomic mass is 10.1. The van der Waals surface area contributed by atoms with Crippen LogP contribution >= 0.6 is 12.4 Å². The van der Waals surface area contributed by atoms with E-state index in [0.29, 0.717) is 6.61 Å². The summed E-state index contributed by atoms with van der Waals surface area (Å²) in [6.45, 7) is 0.619. The Labute approximate surface area is 137 Å². The quantitative estimate of drug-likeness (QED) is 0.739. The molecule has 0 bridgehead atoms. The second-order valence-corrected chi connectivity index (χ2v) is 5.16. The molecule has 0 heterocycles. The molecule has 0 saturated carbocycles. The molecule has 3 heteroatoms. The molecule has 0 amide bonds. The number of hydrogen-bond acceptors (Lipinski definition) is 2. The maximum Gasteiger partial charge on any atom is 0.119 e. The third-order valence-electron chi connectivity index (χ3n) is 3.65. The Hall–Kier alpha value is -2.03. The Morgan fingerprint density at radius 3 is 2.27 bits per heavy atom. The number of fused-ring (bicyclic) bond motifs is 1. The standard InChI is InChI=1S/C19H19NO.ClH/c20-19(16-7-2-1-3-8-16)12-13-21-18-11-10-15-6-4-5-9-17(15)14-18;/h1-11,14,19H,12-13,20H2;1H. The molecular weight excluding hydrogens is 294 g/mol. The number of hydrogen-bond donors (Lipinski definition) is 1. The van der Waals surface area contributed by atoms with Crippen LogP contribution in [0, 0.1) is 0 Å². The van der Waals surface area contributed by atoms with Crippen LogP contribution in [0.2, 0.25) is 0 Å². The summed E-state index contributed by atoms with van der Waals surface area (Å²) in [5, 5.41) is 2.42. The normalized spacial score (nSPS) is 11.7. The van der Waals surface area contributed by atoms with E-state index in [1.807, 2.05) is 36.4 Å². The molecule has 0 aliphatic carbocycles. The van der Waals surface area contributed by atoms with Gasteiger partial charge in [0.25, 0.3) is 0 Å². The van der Waals surface area contributed by atoms with Gasteiger partial charge in [0.05, 0.1) is 6.61 Å². The second kappa shape index (κ2) is 7.83. The van der Waals surface area contributed by atoms with Crippen LogP contribution in [0.15, 0.2) is 72.8 Å². The van der Waals surface area contributed by atoms with E-state index in [2.05, 4.69) is 36.4 Å². The van der Waals surface area contributed by atoms with Crippen molar-refractivity contribution >= 4 is 23.2 Å². The molecule has 0 aliphatic rings. The van der Waals surface area contributed by atoms with E-state index in [0.717, 1.165) is 17.7 Å². The lowest BCUT2D eigenvalue weighted by molar-refractivity contribution is 0.299. The van der Waals surface area contributed by atoms with Gasteiger partial charge in [-0.25, -0.2) is 0 Å². The highest BCUT2D eigenvalue weighted by molar-refractivity contribution is 5.85. The maximum absolute atomic E-state index is 6.17. The topological polar surface area (TPSA) is 35.2 Å². The van der Waals surface area contributed by atoms with Crippen molar-refractivity contribution in [1.29, 1.82) is 0 Å². The van der Waals surface area contributed by atoms with Crippen LogP contribution in [0.4, 0.5) is 0 Å². The Bertz CT molecular complexity index is 715. The first-order chi connectivity index (χ1) is 10.3. The van der Waals surface area contributed by atoms with E-state index in [9.17, 15) is 0 Å². The van der Waals surface area contributed by atoms with Crippen molar-refractivity contribution in [3.05, 3.63) is 78.4 Å². The van der Waals surface area contributed by atoms with Crippen LogP contribution in [0.3, 0.4) is 0 Å². The van der Waals surface area contributed by atoms with Crippen molar-refractivity contribution in [3.63, 3.8) is 0 Å². The predicted molar refractivity (Wildman–Crippen MR) is 94.7 cm³/mol. The van der Waals surface area contributed by atoms with Crippen LogP contribution in [-0.4, -0.2) is 6.61 Å². The first-order valence-electron chi connectivity index (χ1n) is 7.25. The van der Waals surface area contributed by atoms with E-state index >= 15 is 0 Å². The van der Waals surface area contributed by atoms with E-state index in [-0.39, 0.29) is 18.4 Å². The van der Waals surface area contributed by atoms with Gasteiger partial charge in [0.15, 0.2) is 0 Å². The number of halogens is 1. The fraction of sp³-hybridized carbons (Fsp3) is 0.158. The monoisotopic (exact) mass is 313 g/mol. The summed E-state index contributed by atoms with van der Waals surface area (Å²) in [7, 11) is 0. The minimum Gasteiger partial charge on any atom is -0.494 e. The third-order valence-corrected chi connectivity index (χ3v) is 3.65. The summed E-state index contributed by atoms with van der Waals surface area (Å²) in [5.41, 5.74) is 7.32. The number of nitrogens with two attached hydrogens (primary N) is 1. The number of benzene rings is 3. The Balaban J connectivity index is 0.00000176. The molecule has 3 rings (SSSR count). The van der Waals surface area contributed by atoms with Crippen LogP contribution in [-0.2, 0) is 0 Å². The van der Waals surface area contributed by atoms with Crippen molar-refractivity contribution in [2.24, 2.45) is 5.73 Å². The van der Waals surface area contributed by atoms with Gasteiger partial charge in [-0.1, -0.05) is 60.7 Å². The summed E-state index contributed by atoms with van der Waals surface area (Å²) in [4.78, 5) is 0. The molecule has 1 unspecified atom stereocenters. The van der Waals surface area contributed by atoms with Gasteiger partial charge in [0.1, 0.15) is 5.75 Å². The minimum absolute atomic E-state index is 0. The molecule has 0 spiro atoms. The largest absolute Gasteiger partial charge is 0.494 e. The molecule has 0 radical (unpaired) electrons. The fourth-order valence-corrected chi connectivity index (χ4v) is 2.43. The van der Waals surface area contributed by atoms with Gasteiger partial charge >= 0.3 is 0 Å². The first kappa shape index (κ1) is 16.3. The van der Waals surface area contributed by atoms with Crippen LogP contribution in [0.5, 0.6) is 5.75 Å². The molecule has 0 fully saturated rings. The van der Waals surface area contributed by atoms with Gasteiger partial charge in [-0.3, -0.25) is 0 Å². The van der Waals surface area contributed by atoms with Gasteiger partial charge in [0, 0.05) is 12.5 Å². The number of rotatable bonds is 5. The van der Waals surface area contributed by atoms with Crippen molar-refractivity contribution in [3.8, 4) is 5.75 Å². The SMILES string of the molecule is Cl.NC(CCOc1ccc2ccccc2c1)c1ccccc1. The van der Waals surface area contributed by atoms with Crippen LogP contribution in [0.1, 0.15) is 18.0 Å². The zero-order chi connectivity index (χ0) is 14.5. The van der Waals surface area contributed by atoms with Crippen molar-refractivity contribution in [2.75, 3.05) is 6.61 Å². The van der Waals surface area contributed by atoms with E-state index < -0.39 is 0 Å². The second-order valence-electron chi connectivity index (χ2n) is 5.16. The Morgan fingerprint density at radius 1 is 0.818 bits per heavy atom. The first-order valence-corrected chi connectivity index (χ1v) is 7.25. The van der Waals surface area contributed by atoms with E-state index in [1.165, 1.54) is 10.8 Å². The molecule has 3 aromatic carbocycles. The highest BCUT2D eigenvalue weighted by Crippen LogP contribution is 2.21. The summed E-state index contributed by atoms with van der Waals surface area (Å²) in [5.74, 6) is 0.897. The average molecular weight is 314 g/mol. The Kier molecular flexibility index (Phi) is 5.82. The highest BCUT2D eigenvalue weighted by Gasteiger charge is 2.05. The molecule has 2 N–H and O–H groups in total. The molecule has 0 aromatic heterocycles. The maximum atomic E-state index is 6.17. The fourth-order valence-electron chi connectivity index (χ4n) is 2.43. The van der Waals surface area contributed by atoms with Gasteiger partial charge in [0.2, 0.25) is 0 Å². The van der Waals surface area contributed by atoms with Gasteiger partial charge < -0.3 is 10.5 Å². The van der Waals surface area contributed by atoms with Crippen molar-refractivity contribution in [1.82, 2.24) is 0 Å². The average Bonchev–Trinajstić information content (AvgIpc) is 2.55. The van der Waals surface area contributed by atoms with E-state index in [4.69, 9.17) is 10.5 Å². The molecule has 114 valence electrons. The third kappa shape index (κ3) is 4.00. The summed E-state index contributed by atoms with van der Waals surface area (Å²) in [6, 6.07) is 24.6. The molecule has 0 aliphatic heterocycles. The lowest BCUT2D eigenvalue weighted by Crippen LogP contribution is -2.14. The number of ether oxygens (including phenoxy) is 1. The highest BCUT2D eigenvalue weighted by atomic mass is 35.5. The predicted octanol–water partition coefficient (Wildman–Crippen LogP) is 4.73. The van der Waals surface area contributed by atoms with Crippen molar-refractivity contribution in [2.45, 2.75) is 12.5 Å². The van der Waals surface area contributed by atoms with Crippen molar-refractivity contribution < 1.29 is 4.74 Å². The van der Waals surface area contributed by atoms with Gasteiger partial charge in [-0.15, -0.1) is 12.4 Å². The summed E-state index contributed by atoms with van der Waals surface area (Å²) < 4.78 is 5.83. The Morgan fingerprint density at radius 2 is 1.50 bits per heavy atom. The zero-order valence-electron chi connectivity index (χ0n) is 12.3. The molecular formula is C19H20ClNO.